The minimum atomic E-state index is 0.497. The Morgan fingerprint density at radius 3 is 2.25 bits per heavy atom. The third kappa shape index (κ3) is 4.54. The normalized spacial score (nSPS) is 12.8. The molecule has 0 spiro atoms. The van der Waals surface area contributed by atoms with Crippen molar-refractivity contribution in [3.63, 3.8) is 0 Å². The summed E-state index contributed by atoms with van der Waals surface area (Å²) in [6, 6.07) is 0.497. The molecule has 0 saturated carbocycles. The van der Waals surface area contributed by atoms with Gasteiger partial charge in [-0.05, 0) is 31.5 Å². The van der Waals surface area contributed by atoms with Crippen LogP contribution in [0, 0.1) is 5.92 Å². The fourth-order valence-electron chi connectivity index (χ4n) is 1.12. The molecule has 72 valence electrons. The topological polar surface area (TPSA) is 24.1 Å². The molecule has 0 rings (SSSR count). The van der Waals surface area contributed by atoms with Crippen molar-refractivity contribution in [1.29, 1.82) is 0 Å². The summed E-state index contributed by atoms with van der Waals surface area (Å²) in [5.41, 5.74) is 0. The number of hydrogen-bond acceptors (Lipinski definition) is 1. The number of thiocarbonyl (C=S) groups is 1. The Labute approximate surface area is 81.1 Å². The van der Waals surface area contributed by atoms with Gasteiger partial charge in [-0.15, -0.1) is 0 Å². The molecule has 0 fully saturated rings. The zero-order valence-electron chi connectivity index (χ0n) is 8.48. The van der Waals surface area contributed by atoms with Crippen molar-refractivity contribution in [2.75, 3.05) is 6.54 Å². The Hall–Kier alpha value is -0.310. The van der Waals surface area contributed by atoms with Crippen LogP contribution < -0.4 is 10.6 Å². The van der Waals surface area contributed by atoms with E-state index in [0.29, 0.717) is 12.0 Å². The van der Waals surface area contributed by atoms with Gasteiger partial charge in [0.15, 0.2) is 5.11 Å². The zero-order chi connectivity index (χ0) is 9.56. The van der Waals surface area contributed by atoms with Crippen molar-refractivity contribution in [3.05, 3.63) is 0 Å². The molecule has 12 heavy (non-hydrogen) atoms. The molecule has 0 aromatic rings. The Morgan fingerprint density at radius 2 is 1.92 bits per heavy atom. The van der Waals surface area contributed by atoms with E-state index in [4.69, 9.17) is 12.2 Å². The Bertz CT molecular complexity index is 134. The minimum Gasteiger partial charge on any atom is -0.363 e. The predicted octanol–water partition coefficient (Wildman–Crippen LogP) is 1.91. The van der Waals surface area contributed by atoms with E-state index >= 15 is 0 Å². The van der Waals surface area contributed by atoms with E-state index < -0.39 is 0 Å². The van der Waals surface area contributed by atoms with Crippen LogP contribution in [0.1, 0.15) is 34.1 Å². The van der Waals surface area contributed by atoms with E-state index in [9.17, 15) is 0 Å². The SMILES string of the molecule is CCNC(=S)NC(CC)C(C)C. The lowest BCUT2D eigenvalue weighted by Gasteiger charge is -2.22. The fraction of sp³-hybridized carbons (Fsp3) is 0.889. The van der Waals surface area contributed by atoms with E-state index in [0.717, 1.165) is 18.1 Å². The van der Waals surface area contributed by atoms with E-state index in [-0.39, 0.29) is 0 Å². The fourth-order valence-corrected chi connectivity index (χ4v) is 1.42. The summed E-state index contributed by atoms with van der Waals surface area (Å²) in [6.45, 7) is 9.52. The molecule has 0 aliphatic carbocycles. The molecule has 2 N–H and O–H groups in total. The van der Waals surface area contributed by atoms with Crippen molar-refractivity contribution in [1.82, 2.24) is 10.6 Å². The van der Waals surface area contributed by atoms with Crippen molar-refractivity contribution in [2.24, 2.45) is 5.92 Å². The van der Waals surface area contributed by atoms with E-state index in [1.807, 2.05) is 6.92 Å². The highest BCUT2D eigenvalue weighted by atomic mass is 32.1. The largest absolute Gasteiger partial charge is 0.363 e. The molecule has 1 unspecified atom stereocenters. The van der Waals surface area contributed by atoms with Gasteiger partial charge in [0.05, 0.1) is 0 Å². The van der Waals surface area contributed by atoms with Crippen LogP contribution in [0.25, 0.3) is 0 Å². The third-order valence-electron chi connectivity index (χ3n) is 1.90. The molecule has 0 bridgehead atoms. The molecule has 0 heterocycles. The molecule has 0 amide bonds. The number of nitrogens with one attached hydrogen (secondary N) is 2. The first-order valence-electron chi connectivity index (χ1n) is 4.66. The van der Waals surface area contributed by atoms with Gasteiger partial charge in [0.25, 0.3) is 0 Å². The van der Waals surface area contributed by atoms with Gasteiger partial charge in [0, 0.05) is 12.6 Å². The summed E-state index contributed by atoms with van der Waals surface area (Å²) in [6.07, 6.45) is 1.11. The van der Waals surface area contributed by atoms with Crippen LogP contribution in [0.5, 0.6) is 0 Å². The highest BCUT2D eigenvalue weighted by Crippen LogP contribution is 2.04. The maximum absolute atomic E-state index is 5.09. The summed E-state index contributed by atoms with van der Waals surface area (Å²) in [5, 5.41) is 7.15. The summed E-state index contributed by atoms with van der Waals surface area (Å²) in [7, 11) is 0. The van der Waals surface area contributed by atoms with Gasteiger partial charge < -0.3 is 10.6 Å². The first kappa shape index (κ1) is 11.7. The Kier molecular flexibility index (Phi) is 6.07. The van der Waals surface area contributed by atoms with E-state index in [2.05, 4.69) is 31.4 Å². The van der Waals surface area contributed by atoms with E-state index in [1.165, 1.54) is 0 Å². The smallest absolute Gasteiger partial charge is 0.166 e. The quantitative estimate of drug-likeness (QED) is 0.659. The van der Waals surface area contributed by atoms with Gasteiger partial charge in [-0.2, -0.15) is 0 Å². The van der Waals surface area contributed by atoms with Crippen LogP contribution in [0.2, 0.25) is 0 Å². The molecule has 1 atom stereocenters. The molecule has 0 radical (unpaired) electrons. The third-order valence-corrected chi connectivity index (χ3v) is 2.16. The van der Waals surface area contributed by atoms with Crippen LogP contribution in [0.15, 0.2) is 0 Å². The second-order valence-corrected chi connectivity index (χ2v) is 3.67. The van der Waals surface area contributed by atoms with Crippen LogP contribution in [0.4, 0.5) is 0 Å². The lowest BCUT2D eigenvalue weighted by Crippen LogP contribution is -2.43. The molecule has 3 heteroatoms. The Balaban J connectivity index is 3.77. The summed E-state index contributed by atoms with van der Waals surface area (Å²) in [4.78, 5) is 0. The number of rotatable bonds is 4. The molecule has 2 nitrogen and oxygen atoms in total. The molecule has 0 aliphatic rings. The second kappa shape index (κ2) is 6.23. The van der Waals surface area contributed by atoms with E-state index in [1.54, 1.807) is 0 Å². The number of hydrogen-bond donors (Lipinski definition) is 2. The highest BCUT2D eigenvalue weighted by molar-refractivity contribution is 7.80. The summed E-state index contributed by atoms with van der Waals surface area (Å²) >= 11 is 5.09. The monoisotopic (exact) mass is 188 g/mol. The first-order valence-corrected chi connectivity index (χ1v) is 5.07. The van der Waals surface area contributed by atoms with Crippen molar-refractivity contribution < 1.29 is 0 Å². The predicted molar refractivity (Wildman–Crippen MR) is 58.3 cm³/mol. The minimum absolute atomic E-state index is 0.497. The van der Waals surface area contributed by atoms with Gasteiger partial charge in [0.1, 0.15) is 0 Å². The van der Waals surface area contributed by atoms with Crippen molar-refractivity contribution >= 4 is 17.3 Å². The second-order valence-electron chi connectivity index (χ2n) is 3.26. The molecule has 0 aliphatic heterocycles. The molecule has 0 aromatic carbocycles. The maximum Gasteiger partial charge on any atom is 0.166 e. The van der Waals surface area contributed by atoms with Gasteiger partial charge in [-0.3, -0.25) is 0 Å². The molecular weight excluding hydrogens is 168 g/mol. The standard InChI is InChI=1S/C9H20N2S/c1-5-8(7(3)4)11-9(12)10-6-2/h7-8H,5-6H2,1-4H3,(H2,10,11,12). The highest BCUT2D eigenvalue weighted by Gasteiger charge is 2.10. The average molecular weight is 188 g/mol. The van der Waals surface area contributed by atoms with Gasteiger partial charge in [-0.25, -0.2) is 0 Å². The first-order chi connectivity index (χ1) is 5.61. The van der Waals surface area contributed by atoms with Gasteiger partial charge >= 0.3 is 0 Å². The molecular formula is C9H20N2S. The van der Waals surface area contributed by atoms with Crippen LogP contribution in [-0.4, -0.2) is 17.7 Å². The van der Waals surface area contributed by atoms with Gasteiger partial charge in [-0.1, -0.05) is 20.8 Å². The lowest BCUT2D eigenvalue weighted by molar-refractivity contribution is 0.440. The van der Waals surface area contributed by atoms with Crippen LogP contribution in [-0.2, 0) is 0 Å². The van der Waals surface area contributed by atoms with Crippen molar-refractivity contribution in [3.8, 4) is 0 Å². The lowest BCUT2D eigenvalue weighted by atomic mass is 10.0. The summed E-state index contributed by atoms with van der Waals surface area (Å²) in [5.74, 6) is 0.631. The summed E-state index contributed by atoms with van der Waals surface area (Å²) < 4.78 is 0. The van der Waals surface area contributed by atoms with Crippen LogP contribution >= 0.6 is 12.2 Å². The van der Waals surface area contributed by atoms with Crippen LogP contribution in [0.3, 0.4) is 0 Å². The maximum atomic E-state index is 5.09. The van der Waals surface area contributed by atoms with Crippen molar-refractivity contribution in [2.45, 2.75) is 40.2 Å². The Morgan fingerprint density at radius 1 is 1.33 bits per heavy atom. The average Bonchev–Trinajstić information content (AvgIpc) is 2.00. The molecule has 0 saturated heterocycles. The van der Waals surface area contributed by atoms with Gasteiger partial charge in [0.2, 0.25) is 0 Å². The zero-order valence-corrected chi connectivity index (χ0v) is 9.29. The molecule has 0 aromatic heterocycles.